The molecule has 1 aromatic heterocycles. The molecular weight excluding hydrogens is 393 g/mol. The maximum Gasteiger partial charge on any atom is 0.227 e. The minimum Gasteiger partial charge on any atom is -0.340 e. The van der Waals surface area contributed by atoms with E-state index in [2.05, 4.69) is 4.98 Å². The van der Waals surface area contributed by atoms with Crippen LogP contribution in [0.1, 0.15) is 24.4 Å². The SMILES string of the molecule is CS(=O)(=O)c1ccc(CC(=O)N2CCC[C@@H](n3cnc4cc(F)ccc43)C2)cc1. The highest BCUT2D eigenvalue weighted by Gasteiger charge is 2.25. The Morgan fingerprint density at radius 3 is 2.69 bits per heavy atom. The molecule has 0 bridgehead atoms. The van der Waals surface area contributed by atoms with Gasteiger partial charge in [0.25, 0.3) is 0 Å². The third-order valence-corrected chi connectivity index (χ3v) is 6.51. The van der Waals surface area contributed by atoms with E-state index in [-0.39, 0.29) is 29.1 Å². The van der Waals surface area contributed by atoms with Gasteiger partial charge in [0.05, 0.1) is 34.7 Å². The van der Waals surface area contributed by atoms with Gasteiger partial charge in [0.2, 0.25) is 5.91 Å². The smallest absolute Gasteiger partial charge is 0.227 e. The minimum atomic E-state index is -3.25. The van der Waals surface area contributed by atoms with Crippen molar-refractivity contribution in [3.05, 3.63) is 60.2 Å². The topological polar surface area (TPSA) is 72.3 Å². The predicted octanol–water partition coefficient (Wildman–Crippen LogP) is 2.99. The molecule has 0 spiro atoms. The molecular formula is C21H22FN3O3S. The monoisotopic (exact) mass is 415 g/mol. The summed E-state index contributed by atoms with van der Waals surface area (Å²) in [4.78, 5) is 19.2. The van der Waals surface area contributed by atoms with E-state index in [9.17, 15) is 17.6 Å². The summed E-state index contributed by atoms with van der Waals surface area (Å²) in [6.45, 7) is 1.26. The third kappa shape index (κ3) is 4.17. The Balaban J connectivity index is 1.47. The van der Waals surface area contributed by atoms with E-state index in [1.165, 1.54) is 24.3 Å². The average Bonchev–Trinajstić information content (AvgIpc) is 3.11. The van der Waals surface area contributed by atoms with E-state index in [0.717, 1.165) is 30.2 Å². The molecule has 0 saturated carbocycles. The van der Waals surface area contributed by atoms with Gasteiger partial charge in [-0.2, -0.15) is 0 Å². The molecule has 4 rings (SSSR count). The number of hydrogen-bond acceptors (Lipinski definition) is 4. The number of amides is 1. The first-order chi connectivity index (χ1) is 13.8. The van der Waals surface area contributed by atoms with Crippen LogP contribution < -0.4 is 0 Å². The number of carbonyl (C=O) groups excluding carboxylic acids is 1. The van der Waals surface area contributed by atoms with E-state index in [4.69, 9.17) is 0 Å². The lowest BCUT2D eigenvalue weighted by atomic mass is 10.0. The molecule has 152 valence electrons. The van der Waals surface area contributed by atoms with Crippen molar-refractivity contribution in [2.24, 2.45) is 0 Å². The van der Waals surface area contributed by atoms with Crippen LogP contribution in [0.3, 0.4) is 0 Å². The Hall–Kier alpha value is -2.74. The lowest BCUT2D eigenvalue weighted by Crippen LogP contribution is -2.41. The lowest BCUT2D eigenvalue weighted by molar-refractivity contribution is -0.132. The number of benzene rings is 2. The number of rotatable bonds is 4. The van der Waals surface area contributed by atoms with Gasteiger partial charge in [-0.3, -0.25) is 4.79 Å². The second kappa shape index (κ2) is 7.59. The van der Waals surface area contributed by atoms with Gasteiger partial charge < -0.3 is 9.47 Å². The van der Waals surface area contributed by atoms with Crippen molar-refractivity contribution >= 4 is 26.8 Å². The van der Waals surface area contributed by atoms with Crippen LogP contribution in [-0.4, -0.2) is 48.1 Å². The molecule has 0 unspecified atom stereocenters. The molecule has 2 aromatic carbocycles. The quantitative estimate of drug-likeness (QED) is 0.657. The second-order valence-corrected chi connectivity index (χ2v) is 9.53. The maximum atomic E-state index is 13.4. The molecule has 1 aliphatic heterocycles. The standard InChI is InChI=1S/C21H22FN3O3S/c1-29(27,28)18-7-4-15(5-8-18)11-21(26)24-10-2-3-17(13-24)25-14-23-19-12-16(22)6-9-20(19)25/h4-9,12,14,17H,2-3,10-11,13H2,1H3/t17-/m1/s1. The summed E-state index contributed by atoms with van der Waals surface area (Å²) in [5.74, 6) is -0.303. The highest BCUT2D eigenvalue weighted by Crippen LogP contribution is 2.26. The summed E-state index contributed by atoms with van der Waals surface area (Å²) in [7, 11) is -3.25. The van der Waals surface area contributed by atoms with Crippen LogP contribution in [-0.2, 0) is 21.1 Å². The van der Waals surface area contributed by atoms with Gasteiger partial charge in [0, 0.05) is 25.4 Å². The van der Waals surface area contributed by atoms with Gasteiger partial charge in [0.1, 0.15) is 5.82 Å². The lowest BCUT2D eigenvalue weighted by Gasteiger charge is -2.34. The molecule has 1 fully saturated rings. The van der Waals surface area contributed by atoms with Crippen LogP contribution >= 0.6 is 0 Å². The van der Waals surface area contributed by atoms with Crippen LogP contribution in [0.5, 0.6) is 0 Å². The highest BCUT2D eigenvalue weighted by atomic mass is 32.2. The number of halogens is 1. The van der Waals surface area contributed by atoms with Crippen LogP contribution in [0.2, 0.25) is 0 Å². The van der Waals surface area contributed by atoms with Gasteiger partial charge >= 0.3 is 0 Å². The zero-order chi connectivity index (χ0) is 20.6. The summed E-state index contributed by atoms with van der Waals surface area (Å²) >= 11 is 0. The summed E-state index contributed by atoms with van der Waals surface area (Å²) in [5.41, 5.74) is 2.26. The fourth-order valence-electron chi connectivity index (χ4n) is 3.85. The van der Waals surface area contributed by atoms with Crippen molar-refractivity contribution in [2.45, 2.75) is 30.2 Å². The number of imidazole rings is 1. The Bertz CT molecular complexity index is 1160. The number of fused-ring (bicyclic) bond motifs is 1. The fraction of sp³-hybridized carbons (Fsp3) is 0.333. The van der Waals surface area contributed by atoms with E-state index >= 15 is 0 Å². The number of aromatic nitrogens is 2. The number of piperidine rings is 1. The number of carbonyl (C=O) groups is 1. The van der Waals surface area contributed by atoms with Crippen molar-refractivity contribution in [1.82, 2.24) is 14.5 Å². The number of sulfone groups is 1. The highest BCUT2D eigenvalue weighted by molar-refractivity contribution is 7.90. The molecule has 0 N–H and O–H groups in total. The number of nitrogens with zero attached hydrogens (tertiary/aromatic N) is 3. The van der Waals surface area contributed by atoms with Gasteiger partial charge in [-0.05, 0) is 42.7 Å². The van der Waals surface area contributed by atoms with Crippen molar-refractivity contribution in [2.75, 3.05) is 19.3 Å². The normalized spacial score (nSPS) is 17.6. The molecule has 0 aliphatic carbocycles. The molecule has 2 heterocycles. The fourth-order valence-corrected chi connectivity index (χ4v) is 4.48. The molecule has 8 heteroatoms. The van der Waals surface area contributed by atoms with E-state index in [0.29, 0.717) is 18.6 Å². The van der Waals surface area contributed by atoms with E-state index in [1.807, 2.05) is 9.47 Å². The number of likely N-dealkylation sites (tertiary alicyclic amines) is 1. The zero-order valence-corrected chi connectivity index (χ0v) is 16.9. The van der Waals surface area contributed by atoms with Crippen LogP contribution in [0.15, 0.2) is 53.7 Å². The predicted molar refractivity (Wildman–Crippen MR) is 108 cm³/mol. The first kappa shape index (κ1) is 19.6. The van der Waals surface area contributed by atoms with Crippen LogP contribution in [0, 0.1) is 5.82 Å². The largest absolute Gasteiger partial charge is 0.340 e. The van der Waals surface area contributed by atoms with Gasteiger partial charge in [-0.25, -0.2) is 17.8 Å². The zero-order valence-electron chi connectivity index (χ0n) is 16.1. The molecule has 1 saturated heterocycles. The minimum absolute atomic E-state index is 0.0114. The summed E-state index contributed by atoms with van der Waals surface area (Å²) in [5, 5.41) is 0. The maximum absolute atomic E-state index is 13.4. The summed E-state index contributed by atoms with van der Waals surface area (Å²) in [6, 6.07) is 11.1. The summed E-state index contributed by atoms with van der Waals surface area (Å²) in [6.07, 6.45) is 4.91. The first-order valence-corrected chi connectivity index (χ1v) is 11.4. The van der Waals surface area contributed by atoms with Crippen LogP contribution in [0.4, 0.5) is 4.39 Å². The Morgan fingerprint density at radius 2 is 1.97 bits per heavy atom. The molecule has 3 aromatic rings. The molecule has 29 heavy (non-hydrogen) atoms. The van der Waals surface area contributed by atoms with E-state index in [1.54, 1.807) is 24.5 Å². The first-order valence-electron chi connectivity index (χ1n) is 9.50. The molecule has 1 aliphatic rings. The molecule has 1 amide bonds. The Labute approximate surface area is 168 Å². The van der Waals surface area contributed by atoms with E-state index < -0.39 is 9.84 Å². The van der Waals surface area contributed by atoms with Crippen molar-refractivity contribution in [1.29, 1.82) is 0 Å². The number of hydrogen-bond donors (Lipinski definition) is 0. The molecule has 6 nitrogen and oxygen atoms in total. The van der Waals surface area contributed by atoms with Gasteiger partial charge in [-0.15, -0.1) is 0 Å². The Morgan fingerprint density at radius 1 is 1.21 bits per heavy atom. The van der Waals surface area contributed by atoms with Crippen molar-refractivity contribution in [3.63, 3.8) is 0 Å². The second-order valence-electron chi connectivity index (χ2n) is 7.51. The van der Waals surface area contributed by atoms with Gasteiger partial charge in [-0.1, -0.05) is 12.1 Å². The van der Waals surface area contributed by atoms with Gasteiger partial charge in [0.15, 0.2) is 9.84 Å². The summed E-state index contributed by atoms with van der Waals surface area (Å²) < 4.78 is 38.6. The molecule has 0 radical (unpaired) electrons. The molecule has 1 atom stereocenters. The Kier molecular flexibility index (Phi) is 5.12. The van der Waals surface area contributed by atoms with Crippen LogP contribution in [0.25, 0.3) is 11.0 Å². The average molecular weight is 415 g/mol. The van der Waals surface area contributed by atoms with Crippen molar-refractivity contribution < 1.29 is 17.6 Å². The van der Waals surface area contributed by atoms with Crippen molar-refractivity contribution in [3.8, 4) is 0 Å². The third-order valence-electron chi connectivity index (χ3n) is 5.39.